The molecule has 5 N–H and O–H groups in total. The SMILES string of the molecule is CC1=C(C2=C(C)C(=O)c3c(c(C=O)c(O)c(O)c3C(C)C)C2=O)C(=O)c2cc(O)c(Oc3ccc(N)cc3)c(C(C)C)c2C1=O. The molecule has 3 aromatic carbocycles. The van der Waals surface area contributed by atoms with Crippen LogP contribution in [0.25, 0.3) is 0 Å². The molecule has 0 saturated carbocycles. The molecule has 2 aliphatic carbocycles. The maximum Gasteiger partial charge on any atom is 0.195 e. The molecule has 3 aromatic rings. The third kappa shape index (κ3) is 4.52. The first-order valence-electron chi connectivity index (χ1n) is 14.2. The summed E-state index contributed by atoms with van der Waals surface area (Å²) < 4.78 is 5.98. The van der Waals surface area contributed by atoms with Crippen LogP contribution in [-0.4, -0.2) is 44.7 Å². The van der Waals surface area contributed by atoms with Crippen molar-refractivity contribution < 1.29 is 44.0 Å². The highest BCUT2D eigenvalue weighted by Gasteiger charge is 2.44. The molecule has 0 atom stereocenters. The second kappa shape index (κ2) is 10.9. The van der Waals surface area contributed by atoms with Crippen molar-refractivity contribution in [2.24, 2.45) is 0 Å². The Morgan fingerprint density at radius 1 is 0.711 bits per heavy atom. The first-order chi connectivity index (χ1) is 21.1. The van der Waals surface area contributed by atoms with E-state index in [9.17, 15) is 39.3 Å². The summed E-state index contributed by atoms with van der Waals surface area (Å²) in [6.07, 6.45) is 0.154. The van der Waals surface area contributed by atoms with Crippen LogP contribution in [0.2, 0.25) is 0 Å². The van der Waals surface area contributed by atoms with Gasteiger partial charge in [0.2, 0.25) is 0 Å². The van der Waals surface area contributed by atoms with Gasteiger partial charge < -0.3 is 25.8 Å². The number of phenols is 3. The molecule has 0 spiro atoms. The molecule has 0 unspecified atom stereocenters. The molecular formula is C35H31NO9. The smallest absolute Gasteiger partial charge is 0.195 e. The minimum Gasteiger partial charge on any atom is -0.504 e. The molecule has 2 aliphatic rings. The number of ether oxygens (including phenoxy) is 1. The number of phenolic OH excluding ortho intramolecular Hbond substituents is 3. The zero-order valence-corrected chi connectivity index (χ0v) is 25.5. The van der Waals surface area contributed by atoms with E-state index in [0.29, 0.717) is 11.4 Å². The molecule has 45 heavy (non-hydrogen) atoms. The van der Waals surface area contributed by atoms with E-state index in [1.165, 1.54) is 13.8 Å². The summed E-state index contributed by atoms with van der Waals surface area (Å²) in [5.41, 5.74) is 3.94. The third-order valence-electron chi connectivity index (χ3n) is 8.25. The average Bonchev–Trinajstić information content (AvgIpc) is 2.98. The maximum absolute atomic E-state index is 14.2. The number of anilines is 1. The summed E-state index contributed by atoms with van der Waals surface area (Å²) in [5, 5.41) is 32.4. The van der Waals surface area contributed by atoms with Crippen LogP contribution in [0.5, 0.6) is 28.7 Å². The van der Waals surface area contributed by atoms with Crippen molar-refractivity contribution in [1.82, 2.24) is 0 Å². The fraction of sp³-hybridized carbons (Fsp3) is 0.229. The van der Waals surface area contributed by atoms with Gasteiger partial charge in [-0.1, -0.05) is 27.7 Å². The number of benzene rings is 3. The Hall–Kier alpha value is -5.51. The van der Waals surface area contributed by atoms with Crippen LogP contribution in [0.4, 0.5) is 5.69 Å². The fourth-order valence-electron chi connectivity index (χ4n) is 6.12. The average molecular weight is 610 g/mol. The summed E-state index contributed by atoms with van der Waals surface area (Å²) in [6, 6.07) is 7.47. The van der Waals surface area contributed by atoms with Crippen molar-refractivity contribution in [1.29, 1.82) is 0 Å². The maximum atomic E-state index is 14.2. The topological polar surface area (TPSA) is 181 Å². The highest BCUT2D eigenvalue weighted by atomic mass is 16.5. The predicted octanol–water partition coefficient (Wildman–Crippen LogP) is 6.33. The van der Waals surface area contributed by atoms with Gasteiger partial charge in [0.15, 0.2) is 52.4 Å². The molecule has 0 saturated heterocycles. The molecule has 0 amide bonds. The van der Waals surface area contributed by atoms with Crippen molar-refractivity contribution in [3.63, 3.8) is 0 Å². The lowest BCUT2D eigenvalue weighted by Gasteiger charge is -2.29. The van der Waals surface area contributed by atoms with Gasteiger partial charge in [0, 0.05) is 61.4 Å². The largest absolute Gasteiger partial charge is 0.504 e. The Morgan fingerprint density at radius 3 is 1.78 bits per heavy atom. The van der Waals surface area contributed by atoms with Gasteiger partial charge >= 0.3 is 0 Å². The van der Waals surface area contributed by atoms with Gasteiger partial charge in [-0.2, -0.15) is 0 Å². The van der Waals surface area contributed by atoms with E-state index in [-0.39, 0.29) is 56.6 Å². The molecule has 5 rings (SSSR count). The number of aldehydes is 1. The predicted molar refractivity (Wildman–Crippen MR) is 165 cm³/mol. The molecular weight excluding hydrogens is 578 g/mol. The zero-order chi connectivity index (χ0) is 33.2. The number of nitrogens with two attached hydrogens (primary N) is 1. The van der Waals surface area contributed by atoms with Crippen molar-refractivity contribution in [2.75, 3.05) is 5.73 Å². The van der Waals surface area contributed by atoms with E-state index in [1.807, 2.05) is 0 Å². The lowest BCUT2D eigenvalue weighted by molar-refractivity contribution is 0.0949. The monoisotopic (exact) mass is 609 g/mol. The highest BCUT2D eigenvalue weighted by Crippen LogP contribution is 2.49. The molecule has 0 radical (unpaired) electrons. The molecule has 0 heterocycles. The number of hydrogen-bond donors (Lipinski definition) is 4. The van der Waals surface area contributed by atoms with Crippen molar-refractivity contribution in [2.45, 2.75) is 53.4 Å². The summed E-state index contributed by atoms with van der Waals surface area (Å²) >= 11 is 0. The summed E-state index contributed by atoms with van der Waals surface area (Å²) in [4.78, 5) is 68.4. The molecule has 0 aromatic heterocycles. The van der Waals surface area contributed by atoms with Crippen LogP contribution in [0.15, 0.2) is 52.6 Å². The Balaban J connectivity index is 1.75. The van der Waals surface area contributed by atoms with Crippen LogP contribution in [0.3, 0.4) is 0 Å². The second-order valence-electron chi connectivity index (χ2n) is 11.8. The number of ketones is 4. The van der Waals surface area contributed by atoms with Crippen molar-refractivity contribution in [3.05, 3.63) is 91.6 Å². The Labute approximate surface area is 258 Å². The summed E-state index contributed by atoms with van der Waals surface area (Å²) in [7, 11) is 0. The van der Waals surface area contributed by atoms with E-state index in [0.717, 1.165) is 6.07 Å². The van der Waals surface area contributed by atoms with Gasteiger partial charge in [0.25, 0.3) is 0 Å². The zero-order valence-electron chi connectivity index (χ0n) is 25.5. The summed E-state index contributed by atoms with van der Waals surface area (Å²) in [5.74, 6) is -5.72. The number of hydrogen-bond acceptors (Lipinski definition) is 10. The van der Waals surface area contributed by atoms with Gasteiger partial charge in [0.1, 0.15) is 5.75 Å². The van der Waals surface area contributed by atoms with Crippen LogP contribution in [0.1, 0.15) is 116 Å². The first kappa shape index (κ1) is 30.9. The highest BCUT2D eigenvalue weighted by molar-refractivity contribution is 6.38. The van der Waals surface area contributed by atoms with Gasteiger partial charge in [-0.3, -0.25) is 24.0 Å². The van der Waals surface area contributed by atoms with E-state index < -0.39 is 68.9 Å². The van der Waals surface area contributed by atoms with Gasteiger partial charge in [-0.25, -0.2) is 0 Å². The number of nitrogen functional groups attached to an aromatic ring is 1. The number of fused-ring (bicyclic) bond motifs is 2. The minimum absolute atomic E-state index is 0.00836. The second-order valence-corrected chi connectivity index (χ2v) is 11.8. The summed E-state index contributed by atoms with van der Waals surface area (Å²) in [6.45, 7) is 9.48. The van der Waals surface area contributed by atoms with Crippen LogP contribution >= 0.6 is 0 Å². The number of rotatable bonds is 6. The molecule has 0 aliphatic heterocycles. The Kier molecular flexibility index (Phi) is 7.48. The molecule has 0 bridgehead atoms. The van der Waals surface area contributed by atoms with Gasteiger partial charge in [0.05, 0.1) is 5.56 Å². The lowest BCUT2D eigenvalue weighted by Crippen LogP contribution is -2.31. The quantitative estimate of drug-likeness (QED) is 0.140. The van der Waals surface area contributed by atoms with Crippen LogP contribution in [-0.2, 0) is 0 Å². The van der Waals surface area contributed by atoms with E-state index in [4.69, 9.17) is 10.5 Å². The third-order valence-corrected chi connectivity index (χ3v) is 8.25. The number of carbonyl (C=O) groups excluding carboxylic acids is 5. The fourth-order valence-corrected chi connectivity index (χ4v) is 6.12. The van der Waals surface area contributed by atoms with E-state index >= 15 is 0 Å². The van der Waals surface area contributed by atoms with E-state index in [2.05, 4.69) is 0 Å². The minimum atomic E-state index is -0.933. The van der Waals surface area contributed by atoms with Crippen LogP contribution < -0.4 is 10.5 Å². The number of aromatic hydroxyl groups is 3. The molecule has 10 nitrogen and oxygen atoms in total. The first-order valence-corrected chi connectivity index (χ1v) is 14.2. The van der Waals surface area contributed by atoms with Crippen LogP contribution in [0, 0.1) is 0 Å². The van der Waals surface area contributed by atoms with Crippen molar-refractivity contribution >= 4 is 35.1 Å². The number of Topliss-reactive ketones (excluding diaryl/α,β-unsaturated/α-hetero) is 4. The molecule has 230 valence electrons. The number of carbonyl (C=O) groups is 5. The van der Waals surface area contributed by atoms with Gasteiger partial charge in [-0.15, -0.1) is 0 Å². The molecule has 10 heteroatoms. The Morgan fingerprint density at radius 2 is 1.24 bits per heavy atom. The molecule has 0 fully saturated rings. The normalized spacial score (nSPS) is 14.8. The number of allylic oxidation sites excluding steroid dienone is 4. The Bertz CT molecular complexity index is 1960. The van der Waals surface area contributed by atoms with Crippen molar-refractivity contribution in [3.8, 4) is 28.7 Å². The van der Waals surface area contributed by atoms with E-state index in [1.54, 1.807) is 52.0 Å². The standard InChI is InChI=1S/C35H31NO9/c1-13(2)22-28-27(20(12-37)32(42)34(22)44)33(43)25(16(6)30(28)40)24-15(5)29(39)26-19(31(24)41)11-21(38)35(23(26)14(3)4)45-18-9-7-17(36)8-10-18/h7-14,38,42,44H,36H2,1-6H3. The lowest BCUT2D eigenvalue weighted by atomic mass is 9.71. The van der Waals surface area contributed by atoms with Gasteiger partial charge in [-0.05, 0) is 56.0 Å².